The highest BCUT2D eigenvalue weighted by atomic mass is 16.2. The molecule has 2 fully saturated rings. The van der Waals surface area contributed by atoms with Crippen LogP contribution in [0.4, 0.5) is 0 Å². The molecule has 2 aliphatic rings. The SMILES string of the molecule is CC(C(=O)NC1CC1)N1CCN(C(=O)c2cccc(-n3cccc3)c2)CC1. The molecule has 2 aromatic rings. The van der Waals surface area contributed by atoms with Gasteiger partial charge < -0.3 is 14.8 Å². The minimum atomic E-state index is -0.139. The van der Waals surface area contributed by atoms with Crippen LogP contribution in [0.3, 0.4) is 0 Å². The fourth-order valence-electron chi connectivity index (χ4n) is 3.52. The molecule has 1 unspecified atom stereocenters. The smallest absolute Gasteiger partial charge is 0.254 e. The number of nitrogens with one attached hydrogen (secondary N) is 1. The minimum Gasteiger partial charge on any atom is -0.352 e. The van der Waals surface area contributed by atoms with Crippen molar-refractivity contribution in [3.05, 3.63) is 54.4 Å². The molecule has 0 bridgehead atoms. The zero-order chi connectivity index (χ0) is 18.8. The summed E-state index contributed by atoms with van der Waals surface area (Å²) < 4.78 is 1.99. The number of aromatic nitrogens is 1. The second-order valence-corrected chi connectivity index (χ2v) is 7.43. The van der Waals surface area contributed by atoms with Gasteiger partial charge in [0.1, 0.15) is 0 Å². The van der Waals surface area contributed by atoms with E-state index in [0.717, 1.165) is 31.6 Å². The molecule has 2 amide bonds. The van der Waals surface area contributed by atoms with Gasteiger partial charge in [-0.1, -0.05) is 6.07 Å². The van der Waals surface area contributed by atoms with Crippen LogP contribution < -0.4 is 5.32 Å². The number of amides is 2. The van der Waals surface area contributed by atoms with Crippen LogP contribution >= 0.6 is 0 Å². The van der Waals surface area contributed by atoms with Crippen LogP contribution in [0.25, 0.3) is 5.69 Å². The highest BCUT2D eigenvalue weighted by Crippen LogP contribution is 2.19. The number of nitrogens with zero attached hydrogens (tertiary/aromatic N) is 3. The van der Waals surface area contributed by atoms with Gasteiger partial charge in [-0.3, -0.25) is 14.5 Å². The number of hydrogen-bond donors (Lipinski definition) is 1. The lowest BCUT2D eigenvalue weighted by atomic mass is 10.1. The largest absolute Gasteiger partial charge is 0.352 e. The third kappa shape index (κ3) is 4.06. The molecule has 1 aromatic heterocycles. The lowest BCUT2D eigenvalue weighted by molar-refractivity contribution is -0.126. The van der Waals surface area contributed by atoms with Gasteiger partial charge in [0.15, 0.2) is 0 Å². The van der Waals surface area contributed by atoms with E-state index >= 15 is 0 Å². The molecule has 27 heavy (non-hydrogen) atoms. The molecule has 1 saturated carbocycles. The normalized spacial score (nSPS) is 18.9. The van der Waals surface area contributed by atoms with Crippen LogP contribution in [-0.4, -0.2) is 64.4 Å². The summed E-state index contributed by atoms with van der Waals surface area (Å²) in [5.74, 6) is 0.162. The minimum absolute atomic E-state index is 0.0544. The van der Waals surface area contributed by atoms with Crippen molar-refractivity contribution < 1.29 is 9.59 Å². The summed E-state index contributed by atoms with van der Waals surface area (Å²) in [6, 6.07) is 11.9. The van der Waals surface area contributed by atoms with Gasteiger partial charge >= 0.3 is 0 Å². The molecule has 1 N–H and O–H groups in total. The number of benzene rings is 1. The van der Waals surface area contributed by atoms with Gasteiger partial charge in [0.25, 0.3) is 5.91 Å². The Morgan fingerprint density at radius 3 is 2.41 bits per heavy atom. The summed E-state index contributed by atoms with van der Waals surface area (Å²) in [5.41, 5.74) is 1.68. The molecular weight excluding hydrogens is 340 g/mol. The van der Waals surface area contributed by atoms with E-state index in [1.165, 1.54) is 0 Å². The molecule has 6 nitrogen and oxygen atoms in total. The maximum Gasteiger partial charge on any atom is 0.254 e. The zero-order valence-electron chi connectivity index (χ0n) is 15.7. The zero-order valence-corrected chi connectivity index (χ0v) is 15.7. The van der Waals surface area contributed by atoms with Crippen LogP contribution in [-0.2, 0) is 4.79 Å². The van der Waals surface area contributed by atoms with Crippen molar-refractivity contribution in [1.82, 2.24) is 19.7 Å². The van der Waals surface area contributed by atoms with E-state index in [1.54, 1.807) is 0 Å². The van der Waals surface area contributed by atoms with E-state index < -0.39 is 0 Å². The molecule has 1 aromatic carbocycles. The van der Waals surface area contributed by atoms with E-state index in [1.807, 2.05) is 65.2 Å². The molecule has 1 aliphatic heterocycles. The van der Waals surface area contributed by atoms with Crippen molar-refractivity contribution in [3.63, 3.8) is 0 Å². The number of rotatable bonds is 5. The molecule has 6 heteroatoms. The van der Waals surface area contributed by atoms with Gasteiger partial charge in [-0.15, -0.1) is 0 Å². The quantitative estimate of drug-likeness (QED) is 0.879. The van der Waals surface area contributed by atoms with Gasteiger partial charge in [-0.25, -0.2) is 0 Å². The maximum absolute atomic E-state index is 12.9. The molecule has 142 valence electrons. The Morgan fingerprint density at radius 1 is 1.04 bits per heavy atom. The monoisotopic (exact) mass is 366 g/mol. The third-order valence-electron chi connectivity index (χ3n) is 5.45. The third-order valence-corrected chi connectivity index (χ3v) is 5.45. The summed E-state index contributed by atoms with van der Waals surface area (Å²) in [5, 5.41) is 3.07. The van der Waals surface area contributed by atoms with Crippen LogP contribution in [0.2, 0.25) is 0 Å². The van der Waals surface area contributed by atoms with Crippen LogP contribution in [0.5, 0.6) is 0 Å². The highest BCUT2D eigenvalue weighted by molar-refractivity contribution is 5.95. The van der Waals surface area contributed by atoms with E-state index in [-0.39, 0.29) is 17.9 Å². The Kier molecular flexibility index (Phi) is 4.99. The average Bonchev–Trinajstić information content (AvgIpc) is 3.35. The second-order valence-electron chi connectivity index (χ2n) is 7.43. The fraction of sp³-hybridized carbons (Fsp3) is 0.429. The first-order valence-electron chi connectivity index (χ1n) is 9.69. The lowest BCUT2D eigenvalue weighted by Crippen LogP contribution is -2.55. The van der Waals surface area contributed by atoms with E-state index in [0.29, 0.717) is 24.7 Å². The molecule has 1 saturated heterocycles. The van der Waals surface area contributed by atoms with Crippen molar-refractivity contribution in [2.45, 2.75) is 31.8 Å². The first-order valence-corrected chi connectivity index (χ1v) is 9.69. The summed E-state index contributed by atoms with van der Waals surface area (Å²) in [6.07, 6.45) is 6.14. The number of piperazine rings is 1. The van der Waals surface area contributed by atoms with E-state index in [9.17, 15) is 9.59 Å². The lowest BCUT2D eigenvalue weighted by Gasteiger charge is -2.37. The Hall–Kier alpha value is -2.60. The maximum atomic E-state index is 12.9. The Bertz CT molecular complexity index is 805. The summed E-state index contributed by atoms with van der Waals surface area (Å²) in [4.78, 5) is 29.2. The van der Waals surface area contributed by atoms with Crippen molar-refractivity contribution in [2.75, 3.05) is 26.2 Å². The summed E-state index contributed by atoms with van der Waals surface area (Å²) in [7, 11) is 0. The van der Waals surface area contributed by atoms with Gasteiger partial charge in [0.05, 0.1) is 6.04 Å². The van der Waals surface area contributed by atoms with E-state index in [2.05, 4.69) is 10.2 Å². The summed E-state index contributed by atoms with van der Waals surface area (Å²) >= 11 is 0. The predicted molar refractivity (Wildman–Crippen MR) is 104 cm³/mol. The van der Waals surface area contributed by atoms with Crippen LogP contribution in [0.1, 0.15) is 30.1 Å². The molecule has 0 spiro atoms. The van der Waals surface area contributed by atoms with Crippen LogP contribution in [0.15, 0.2) is 48.8 Å². The van der Waals surface area contributed by atoms with Crippen molar-refractivity contribution in [1.29, 1.82) is 0 Å². The van der Waals surface area contributed by atoms with Crippen LogP contribution in [0, 0.1) is 0 Å². The van der Waals surface area contributed by atoms with Crippen molar-refractivity contribution in [2.24, 2.45) is 0 Å². The van der Waals surface area contributed by atoms with E-state index in [4.69, 9.17) is 0 Å². The molecule has 4 rings (SSSR count). The molecule has 0 radical (unpaired) electrons. The molecule has 1 aliphatic carbocycles. The Labute approximate surface area is 159 Å². The topological polar surface area (TPSA) is 57.6 Å². The van der Waals surface area contributed by atoms with Gasteiger partial charge in [0.2, 0.25) is 5.91 Å². The first-order chi connectivity index (χ1) is 13.1. The summed E-state index contributed by atoms with van der Waals surface area (Å²) in [6.45, 7) is 4.70. The van der Waals surface area contributed by atoms with Gasteiger partial charge in [-0.05, 0) is 50.1 Å². The second kappa shape index (κ2) is 7.56. The standard InChI is InChI=1S/C21H26N4O2/c1-16(20(26)22-18-7-8-18)23-11-13-25(14-12-23)21(27)17-5-4-6-19(15-17)24-9-2-3-10-24/h2-6,9-10,15-16,18H,7-8,11-14H2,1H3,(H,22,26). The van der Waals surface area contributed by atoms with Gasteiger partial charge in [-0.2, -0.15) is 0 Å². The van der Waals surface area contributed by atoms with Gasteiger partial charge in [0, 0.05) is 55.9 Å². The average molecular weight is 366 g/mol. The fourth-order valence-corrected chi connectivity index (χ4v) is 3.52. The van der Waals surface area contributed by atoms with Crippen molar-refractivity contribution >= 4 is 11.8 Å². The Morgan fingerprint density at radius 2 is 1.74 bits per heavy atom. The number of carbonyl (C=O) groups excluding carboxylic acids is 2. The van der Waals surface area contributed by atoms with Crippen molar-refractivity contribution in [3.8, 4) is 5.69 Å². The molecule has 1 atom stereocenters. The molecule has 2 heterocycles. The number of hydrogen-bond acceptors (Lipinski definition) is 3. The molecular formula is C21H26N4O2. The highest BCUT2D eigenvalue weighted by Gasteiger charge is 2.31. The first kappa shape index (κ1) is 17.8. The Balaban J connectivity index is 1.36. The predicted octanol–water partition coefficient (Wildman–Crippen LogP) is 1.90. The number of carbonyl (C=O) groups is 2.